The number of ether oxygens (including phenoxy) is 3. The van der Waals surface area contributed by atoms with Gasteiger partial charge in [-0.1, -0.05) is 48.5 Å². The highest BCUT2D eigenvalue weighted by molar-refractivity contribution is 5.35. The molecule has 0 aliphatic rings. The molecule has 142 valence electrons. The van der Waals surface area contributed by atoms with Gasteiger partial charge < -0.3 is 19.1 Å². The summed E-state index contributed by atoms with van der Waals surface area (Å²) in [4.78, 5) is 2.17. The summed E-state index contributed by atoms with van der Waals surface area (Å²) in [6.45, 7) is 6.06. The minimum absolute atomic E-state index is 0.0244. The predicted octanol–water partition coefficient (Wildman–Crippen LogP) is 4.83. The maximum absolute atomic E-state index is 6.47. The monoisotopic (exact) mass is 357 g/mol. The summed E-state index contributed by atoms with van der Waals surface area (Å²) < 4.78 is 18.0. The maximum Gasteiger partial charge on any atom is 0.187 e. The molecule has 0 aliphatic carbocycles. The van der Waals surface area contributed by atoms with Crippen molar-refractivity contribution in [1.29, 1.82) is 0 Å². The smallest absolute Gasteiger partial charge is 0.187 e. The third kappa shape index (κ3) is 6.13. The Labute approximate surface area is 157 Å². The van der Waals surface area contributed by atoms with Crippen molar-refractivity contribution in [2.24, 2.45) is 0 Å². The Kier molecular flexibility index (Phi) is 8.62. The van der Waals surface area contributed by atoms with Gasteiger partial charge in [-0.05, 0) is 39.6 Å². The molecule has 2 aromatic rings. The molecule has 2 aromatic carbocycles. The van der Waals surface area contributed by atoms with Crippen molar-refractivity contribution in [3.63, 3.8) is 0 Å². The molecular formula is C22H31NO3. The molecule has 0 unspecified atom stereocenters. The SMILES string of the molecule is CCOC(OCC)c1ccccc1O[C@H](CCN(C)C)c1ccccc1. The molecule has 0 aromatic heterocycles. The molecule has 0 fully saturated rings. The van der Waals surface area contributed by atoms with Crippen LogP contribution >= 0.6 is 0 Å². The number of rotatable bonds is 11. The normalized spacial score (nSPS) is 12.5. The molecule has 0 saturated carbocycles. The van der Waals surface area contributed by atoms with Crippen LogP contribution in [0.25, 0.3) is 0 Å². The van der Waals surface area contributed by atoms with Gasteiger partial charge in [-0.2, -0.15) is 0 Å². The second-order valence-electron chi connectivity index (χ2n) is 6.39. The van der Waals surface area contributed by atoms with E-state index in [0.29, 0.717) is 13.2 Å². The van der Waals surface area contributed by atoms with Gasteiger partial charge in [0.05, 0.1) is 0 Å². The quantitative estimate of drug-likeness (QED) is 0.539. The summed E-state index contributed by atoms with van der Waals surface area (Å²) in [7, 11) is 4.16. The lowest BCUT2D eigenvalue weighted by Crippen LogP contribution is -2.19. The summed E-state index contributed by atoms with van der Waals surface area (Å²) in [5.41, 5.74) is 2.11. The van der Waals surface area contributed by atoms with Gasteiger partial charge in [-0.15, -0.1) is 0 Å². The molecule has 0 heterocycles. The fourth-order valence-corrected chi connectivity index (χ4v) is 2.80. The van der Waals surface area contributed by atoms with Crippen LogP contribution in [0, 0.1) is 0 Å². The minimum atomic E-state index is -0.411. The number of hydrogen-bond acceptors (Lipinski definition) is 4. The van der Waals surface area contributed by atoms with Crippen molar-refractivity contribution in [3.8, 4) is 5.75 Å². The third-order valence-corrected chi connectivity index (χ3v) is 4.09. The van der Waals surface area contributed by atoms with Gasteiger partial charge in [-0.3, -0.25) is 0 Å². The zero-order valence-corrected chi connectivity index (χ0v) is 16.4. The van der Waals surface area contributed by atoms with E-state index in [1.807, 2.05) is 44.2 Å². The van der Waals surface area contributed by atoms with Crippen LogP contribution in [-0.4, -0.2) is 38.8 Å². The van der Waals surface area contributed by atoms with Crippen LogP contribution in [0.3, 0.4) is 0 Å². The minimum Gasteiger partial charge on any atom is -0.485 e. The molecule has 26 heavy (non-hydrogen) atoms. The fraction of sp³-hybridized carbons (Fsp3) is 0.455. The molecule has 0 radical (unpaired) electrons. The van der Waals surface area contributed by atoms with Crippen LogP contribution < -0.4 is 4.74 Å². The van der Waals surface area contributed by atoms with E-state index in [9.17, 15) is 0 Å². The molecule has 2 rings (SSSR count). The highest BCUT2D eigenvalue weighted by Gasteiger charge is 2.20. The van der Waals surface area contributed by atoms with E-state index in [1.165, 1.54) is 5.56 Å². The highest BCUT2D eigenvalue weighted by Crippen LogP contribution is 2.33. The van der Waals surface area contributed by atoms with E-state index in [4.69, 9.17) is 14.2 Å². The van der Waals surface area contributed by atoms with Gasteiger partial charge in [-0.25, -0.2) is 0 Å². The first-order valence-corrected chi connectivity index (χ1v) is 9.34. The van der Waals surface area contributed by atoms with Gasteiger partial charge in [0.1, 0.15) is 11.9 Å². The van der Waals surface area contributed by atoms with E-state index in [-0.39, 0.29) is 6.10 Å². The van der Waals surface area contributed by atoms with Gasteiger partial charge in [0, 0.05) is 31.7 Å². The highest BCUT2D eigenvalue weighted by atomic mass is 16.7. The van der Waals surface area contributed by atoms with Crippen LogP contribution in [0.4, 0.5) is 0 Å². The first-order chi connectivity index (χ1) is 12.7. The Morgan fingerprint density at radius 3 is 2.08 bits per heavy atom. The molecule has 0 N–H and O–H groups in total. The molecule has 0 spiro atoms. The molecule has 4 nitrogen and oxygen atoms in total. The van der Waals surface area contributed by atoms with Crippen molar-refractivity contribution in [2.45, 2.75) is 32.7 Å². The van der Waals surface area contributed by atoms with E-state index in [1.54, 1.807) is 0 Å². The van der Waals surface area contributed by atoms with Crippen molar-refractivity contribution in [2.75, 3.05) is 33.9 Å². The average Bonchev–Trinajstić information content (AvgIpc) is 2.66. The molecular weight excluding hydrogens is 326 g/mol. The topological polar surface area (TPSA) is 30.9 Å². The lowest BCUT2D eigenvalue weighted by Gasteiger charge is -2.25. The average molecular weight is 357 g/mol. The zero-order valence-electron chi connectivity index (χ0n) is 16.4. The number of nitrogens with zero attached hydrogens (tertiary/aromatic N) is 1. The van der Waals surface area contributed by atoms with Crippen molar-refractivity contribution >= 4 is 0 Å². The molecule has 1 atom stereocenters. The second kappa shape index (κ2) is 11.0. The van der Waals surface area contributed by atoms with Gasteiger partial charge in [0.2, 0.25) is 0 Å². The standard InChI is InChI=1S/C22H31NO3/c1-5-24-22(25-6-2)19-14-10-11-15-21(19)26-20(16-17-23(3)4)18-12-8-7-9-13-18/h7-15,20,22H,5-6,16-17H2,1-4H3/t20-/m1/s1. The predicted molar refractivity (Wildman–Crippen MR) is 105 cm³/mol. The van der Waals surface area contributed by atoms with Gasteiger partial charge in [0.15, 0.2) is 6.29 Å². The van der Waals surface area contributed by atoms with E-state index in [2.05, 4.69) is 43.3 Å². The molecule has 0 aliphatic heterocycles. The van der Waals surface area contributed by atoms with Gasteiger partial charge in [0.25, 0.3) is 0 Å². The maximum atomic E-state index is 6.47. The first kappa shape index (κ1) is 20.4. The van der Waals surface area contributed by atoms with E-state index in [0.717, 1.165) is 24.3 Å². The Balaban J connectivity index is 2.27. The summed E-state index contributed by atoms with van der Waals surface area (Å²) in [5.74, 6) is 0.812. The van der Waals surface area contributed by atoms with E-state index < -0.39 is 6.29 Å². The molecule has 0 amide bonds. The number of hydrogen-bond donors (Lipinski definition) is 0. The van der Waals surface area contributed by atoms with Crippen LogP contribution in [0.1, 0.15) is 43.8 Å². The van der Waals surface area contributed by atoms with Crippen molar-refractivity contribution in [3.05, 3.63) is 65.7 Å². The molecule has 4 heteroatoms. The lowest BCUT2D eigenvalue weighted by molar-refractivity contribution is -0.141. The largest absolute Gasteiger partial charge is 0.485 e. The van der Waals surface area contributed by atoms with Crippen LogP contribution in [-0.2, 0) is 9.47 Å². The number of benzene rings is 2. The Hall–Kier alpha value is -1.88. The molecule has 0 bridgehead atoms. The second-order valence-corrected chi connectivity index (χ2v) is 6.39. The van der Waals surface area contributed by atoms with Gasteiger partial charge >= 0.3 is 0 Å². The Morgan fingerprint density at radius 1 is 0.846 bits per heavy atom. The summed E-state index contributed by atoms with van der Waals surface area (Å²) in [6, 6.07) is 18.3. The summed E-state index contributed by atoms with van der Waals surface area (Å²) >= 11 is 0. The first-order valence-electron chi connectivity index (χ1n) is 9.34. The van der Waals surface area contributed by atoms with Crippen molar-refractivity contribution in [1.82, 2.24) is 4.90 Å². The Bertz CT molecular complexity index is 624. The summed E-state index contributed by atoms with van der Waals surface area (Å²) in [6.07, 6.45) is 0.467. The van der Waals surface area contributed by atoms with Crippen molar-refractivity contribution < 1.29 is 14.2 Å². The van der Waals surface area contributed by atoms with Crippen LogP contribution in [0.2, 0.25) is 0 Å². The zero-order chi connectivity index (χ0) is 18.8. The summed E-state index contributed by atoms with van der Waals surface area (Å²) in [5, 5.41) is 0. The third-order valence-electron chi connectivity index (χ3n) is 4.09. The fourth-order valence-electron chi connectivity index (χ4n) is 2.80. The van der Waals surface area contributed by atoms with E-state index >= 15 is 0 Å². The Morgan fingerprint density at radius 2 is 1.46 bits per heavy atom. The molecule has 0 saturated heterocycles. The van der Waals surface area contributed by atoms with Crippen LogP contribution in [0.5, 0.6) is 5.75 Å². The number of para-hydroxylation sites is 1. The van der Waals surface area contributed by atoms with Crippen LogP contribution in [0.15, 0.2) is 54.6 Å². The lowest BCUT2D eigenvalue weighted by atomic mass is 10.1.